The lowest BCUT2D eigenvalue weighted by atomic mass is 10.1. The Morgan fingerprint density at radius 2 is 2.07 bits per heavy atom. The predicted molar refractivity (Wildman–Crippen MR) is 64.2 cm³/mol. The van der Waals surface area contributed by atoms with E-state index in [1.165, 1.54) is 5.56 Å². The SMILES string of the molecule is C=CCC/C(C#N)=C/c1ccc(C)cc1. The molecule has 1 nitrogen and oxygen atoms in total. The van der Waals surface area contributed by atoms with Gasteiger partial charge in [-0.05, 0) is 31.4 Å². The van der Waals surface area contributed by atoms with Crippen LogP contribution < -0.4 is 0 Å². The van der Waals surface area contributed by atoms with Crippen molar-refractivity contribution in [2.75, 3.05) is 0 Å². The summed E-state index contributed by atoms with van der Waals surface area (Å²) in [6, 6.07) is 10.4. The number of aryl methyl sites for hydroxylation is 1. The van der Waals surface area contributed by atoms with Gasteiger partial charge in [0.25, 0.3) is 0 Å². The summed E-state index contributed by atoms with van der Waals surface area (Å²) in [6.45, 7) is 5.70. The van der Waals surface area contributed by atoms with Crippen LogP contribution in [0, 0.1) is 18.3 Å². The molecule has 0 spiro atoms. The maximum atomic E-state index is 8.92. The van der Waals surface area contributed by atoms with Crippen molar-refractivity contribution in [2.24, 2.45) is 0 Å². The molecule has 1 rings (SSSR count). The molecule has 0 atom stereocenters. The van der Waals surface area contributed by atoms with Crippen LogP contribution in [-0.2, 0) is 0 Å². The van der Waals surface area contributed by atoms with Crippen LogP contribution in [0.4, 0.5) is 0 Å². The smallest absolute Gasteiger partial charge is 0.0947 e. The monoisotopic (exact) mass is 197 g/mol. The van der Waals surface area contributed by atoms with Crippen LogP contribution >= 0.6 is 0 Å². The van der Waals surface area contributed by atoms with Gasteiger partial charge in [0, 0.05) is 5.57 Å². The highest BCUT2D eigenvalue weighted by Crippen LogP contribution is 2.12. The number of nitriles is 1. The van der Waals surface area contributed by atoms with E-state index < -0.39 is 0 Å². The van der Waals surface area contributed by atoms with E-state index in [4.69, 9.17) is 5.26 Å². The molecule has 0 aliphatic heterocycles. The van der Waals surface area contributed by atoms with Gasteiger partial charge in [0.1, 0.15) is 0 Å². The molecule has 0 saturated heterocycles. The zero-order valence-corrected chi connectivity index (χ0v) is 9.03. The fourth-order valence-electron chi connectivity index (χ4n) is 1.28. The standard InChI is InChI=1S/C14H15N/c1-3-4-5-14(11-15)10-13-8-6-12(2)7-9-13/h3,6-10H,1,4-5H2,2H3/b14-10-. The van der Waals surface area contributed by atoms with Gasteiger partial charge >= 0.3 is 0 Å². The zero-order chi connectivity index (χ0) is 11.1. The molecule has 0 saturated carbocycles. The minimum absolute atomic E-state index is 0.772. The fraction of sp³-hybridized carbons (Fsp3) is 0.214. The van der Waals surface area contributed by atoms with Crippen LogP contribution in [0.25, 0.3) is 6.08 Å². The zero-order valence-electron chi connectivity index (χ0n) is 9.03. The Bertz CT molecular complexity index is 390. The summed E-state index contributed by atoms with van der Waals surface area (Å²) >= 11 is 0. The first-order valence-corrected chi connectivity index (χ1v) is 5.04. The molecule has 15 heavy (non-hydrogen) atoms. The average molecular weight is 197 g/mol. The number of allylic oxidation sites excluding steroid dienone is 2. The molecule has 0 aromatic heterocycles. The van der Waals surface area contributed by atoms with Gasteiger partial charge in [0.2, 0.25) is 0 Å². The van der Waals surface area contributed by atoms with Gasteiger partial charge in [-0.1, -0.05) is 35.9 Å². The third-order valence-corrected chi connectivity index (χ3v) is 2.18. The van der Waals surface area contributed by atoms with E-state index in [1.807, 2.05) is 36.4 Å². The van der Waals surface area contributed by atoms with Crippen molar-refractivity contribution in [1.82, 2.24) is 0 Å². The molecule has 0 N–H and O–H groups in total. The summed E-state index contributed by atoms with van der Waals surface area (Å²) in [5, 5.41) is 8.92. The molecule has 1 heteroatoms. The normalized spacial score (nSPS) is 10.8. The van der Waals surface area contributed by atoms with E-state index >= 15 is 0 Å². The molecule has 0 aliphatic carbocycles. The summed E-state index contributed by atoms with van der Waals surface area (Å²) in [5.41, 5.74) is 3.12. The van der Waals surface area contributed by atoms with Crippen molar-refractivity contribution in [3.63, 3.8) is 0 Å². The second kappa shape index (κ2) is 5.82. The highest BCUT2D eigenvalue weighted by atomic mass is 14.2. The van der Waals surface area contributed by atoms with Crippen molar-refractivity contribution >= 4 is 6.08 Å². The summed E-state index contributed by atoms with van der Waals surface area (Å²) in [4.78, 5) is 0. The van der Waals surface area contributed by atoms with E-state index in [0.717, 1.165) is 24.0 Å². The Morgan fingerprint density at radius 3 is 2.60 bits per heavy atom. The molecule has 0 amide bonds. The highest BCUT2D eigenvalue weighted by molar-refractivity contribution is 5.57. The Balaban J connectivity index is 2.79. The van der Waals surface area contributed by atoms with Crippen LogP contribution in [0.1, 0.15) is 24.0 Å². The molecule has 0 unspecified atom stereocenters. The van der Waals surface area contributed by atoms with Crippen LogP contribution in [0.3, 0.4) is 0 Å². The lowest BCUT2D eigenvalue weighted by Gasteiger charge is -1.97. The van der Waals surface area contributed by atoms with Crippen molar-refractivity contribution < 1.29 is 0 Å². The van der Waals surface area contributed by atoms with E-state index in [9.17, 15) is 0 Å². The minimum atomic E-state index is 0.772. The van der Waals surface area contributed by atoms with Gasteiger partial charge in [-0.15, -0.1) is 6.58 Å². The number of benzene rings is 1. The van der Waals surface area contributed by atoms with Gasteiger partial charge in [0.15, 0.2) is 0 Å². The van der Waals surface area contributed by atoms with Crippen LogP contribution in [0.5, 0.6) is 0 Å². The average Bonchev–Trinajstić information content (AvgIpc) is 2.27. The summed E-state index contributed by atoms with van der Waals surface area (Å²) < 4.78 is 0. The lowest BCUT2D eigenvalue weighted by molar-refractivity contribution is 1.02. The number of rotatable bonds is 4. The Morgan fingerprint density at radius 1 is 1.40 bits per heavy atom. The van der Waals surface area contributed by atoms with Gasteiger partial charge in [-0.3, -0.25) is 0 Å². The largest absolute Gasteiger partial charge is 0.193 e. The van der Waals surface area contributed by atoms with Crippen molar-refractivity contribution in [3.8, 4) is 6.07 Å². The predicted octanol–water partition coefficient (Wildman–Crippen LogP) is 3.87. The van der Waals surface area contributed by atoms with Crippen molar-refractivity contribution in [2.45, 2.75) is 19.8 Å². The molecule has 0 bridgehead atoms. The number of hydrogen-bond acceptors (Lipinski definition) is 1. The minimum Gasteiger partial charge on any atom is -0.193 e. The molecule has 0 heterocycles. The first-order valence-electron chi connectivity index (χ1n) is 5.04. The Hall–Kier alpha value is -1.81. The number of nitrogens with zero attached hydrogens (tertiary/aromatic N) is 1. The maximum Gasteiger partial charge on any atom is 0.0947 e. The van der Waals surface area contributed by atoms with Crippen molar-refractivity contribution in [3.05, 3.63) is 53.6 Å². The molecular formula is C14H15N. The molecule has 1 aromatic carbocycles. The van der Waals surface area contributed by atoms with Gasteiger partial charge < -0.3 is 0 Å². The fourth-order valence-corrected chi connectivity index (χ4v) is 1.28. The summed E-state index contributed by atoms with van der Waals surface area (Å²) in [6.07, 6.45) is 5.39. The topological polar surface area (TPSA) is 23.8 Å². The first-order chi connectivity index (χ1) is 7.26. The molecule has 0 aliphatic rings. The molecular weight excluding hydrogens is 182 g/mol. The Kier molecular flexibility index (Phi) is 4.37. The maximum absolute atomic E-state index is 8.92. The number of hydrogen-bond donors (Lipinski definition) is 0. The second-order valence-corrected chi connectivity index (χ2v) is 3.52. The Labute approximate surface area is 91.4 Å². The molecule has 0 fully saturated rings. The van der Waals surface area contributed by atoms with E-state index in [-0.39, 0.29) is 0 Å². The lowest BCUT2D eigenvalue weighted by Crippen LogP contribution is -1.80. The van der Waals surface area contributed by atoms with Crippen LogP contribution in [0.15, 0.2) is 42.5 Å². The summed E-state index contributed by atoms with van der Waals surface area (Å²) in [7, 11) is 0. The molecule has 1 aromatic rings. The highest BCUT2D eigenvalue weighted by Gasteiger charge is 1.95. The first kappa shape index (κ1) is 11.3. The van der Waals surface area contributed by atoms with Crippen LogP contribution in [-0.4, -0.2) is 0 Å². The molecule has 76 valence electrons. The van der Waals surface area contributed by atoms with E-state index in [2.05, 4.69) is 19.6 Å². The quantitative estimate of drug-likeness (QED) is 0.531. The van der Waals surface area contributed by atoms with E-state index in [0.29, 0.717) is 0 Å². The third kappa shape index (κ3) is 3.83. The van der Waals surface area contributed by atoms with Gasteiger partial charge in [-0.2, -0.15) is 5.26 Å². The third-order valence-electron chi connectivity index (χ3n) is 2.18. The van der Waals surface area contributed by atoms with Crippen molar-refractivity contribution in [1.29, 1.82) is 5.26 Å². The van der Waals surface area contributed by atoms with E-state index in [1.54, 1.807) is 0 Å². The summed E-state index contributed by atoms with van der Waals surface area (Å²) in [5.74, 6) is 0. The molecule has 0 radical (unpaired) electrons. The second-order valence-electron chi connectivity index (χ2n) is 3.52. The van der Waals surface area contributed by atoms with Crippen LogP contribution in [0.2, 0.25) is 0 Å². The van der Waals surface area contributed by atoms with Gasteiger partial charge in [-0.25, -0.2) is 0 Å². The van der Waals surface area contributed by atoms with Gasteiger partial charge in [0.05, 0.1) is 6.07 Å².